The van der Waals surface area contributed by atoms with E-state index in [2.05, 4.69) is 17.4 Å². The van der Waals surface area contributed by atoms with Crippen molar-refractivity contribution < 1.29 is 14.5 Å². The summed E-state index contributed by atoms with van der Waals surface area (Å²) in [5, 5.41) is 7.07. The number of benzene rings is 1. The van der Waals surface area contributed by atoms with E-state index in [1.54, 1.807) is 17.6 Å². The lowest BCUT2D eigenvalue weighted by molar-refractivity contribution is -0.678. The molecule has 0 radical (unpaired) electrons. The predicted molar refractivity (Wildman–Crippen MR) is 94.7 cm³/mol. The van der Waals surface area contributed by atoms with E-state index in [0.717, 1.165) is 16.2 Å². The molecule has 0 fully saturated rings. The summed E-state index contributed by atoms with van der Waals surface area (Å²) >= 11 is 1.65. The van der Waals surface area contributed by atoms with Gasteiger partial charge in [0.15, 0.2) is 18.3 Å². The molecule has 2 heterocycles. The number of carbonyl (C=O) groups is 1. The van der Waals surface area contributed by atoms with Gasteiger partial charge in [0.1, 0.15) is 0 Å². The zero-order valence-corrected chi connectivity index (χ0v) is 14.3. The molecule has 3 aromatic rings. The lowest BCUT2D eigenvalue weighted by atomic mass is 10.0. The van der Waals surface area contributed by atoms with Gasteiger partial charge in [0.05, 0.1) is 12.3 Å². The number of hydrogen-bond donors (Lipinski definition) is 2. The quantitative estimate of drug-likeness (QED) is 0.694. The van der Waals surface area contributed by atoms with Gasteiger partial charge >= 0.3 is 0 Å². The fourth-order valence-electron chi connectivity index (χ4n) is 2.68. The highest BCUT2D eigenvalue weighted by molar-refractivity contribution is 7.10. The van der Waals surface area contributed by atoms with Gasteiger partial charge in [0.2, 0.25) is 0 Å². The van der Waals surface area contributed by atoms with E-state index in [4.69, 9.17) is 4.42 Å². The van der Waals surface area contributed by atoms with Crippen molar-refractivity contribution in [2.24, 2.45) is 0 Å². The van der Waals surface area contributed by atoms with Crippen molar-refractivity contribution in [1.29, 1.82) is 0 Å². The molecule has 3 N–H and O–H groups in total. The van der Waals surface area contributed by atoms with Gasteiger partial charge in [-0.1, -0.05) is 36.4 Å². The third kappa shape index (κ3) is 4.13. The van der Waals surface area contributed by atoms with Crippen molar-refractivity contribution in [3.05, 3.63) is 82.4 Å². The monoisotopic (exact) mass is 341 g/mol. The SMILES string of the molecule is C[C@@H](NC(=O)C[NH2+][C@H](c1ccccc1)c1ccco1)c1cccs1. The number of carbonyl (C=O) groups excluding carboxylic acids is 1. The molecule has 1 amide bonds. The zero-order valence-electron chi connectivity index (χ0n) is 13.5. The van der Waals surface area contributed by atoms with Gasteiger partial charge < -0.3 is 15.1 Å². The Morgan fingerprint density at radius 1 is 1.17 bits per heavy atom. The van der Waals surface area contributed by atoms with Crippen molar-refractivity contribution in [1.82, 2.24) is 5.32 Å². The number of nitrogens with one attached hydrogen (secondary N) is 1. The van der Waals surface area contributed by atoms with Gasteiger partial charge in [0, 0.05) is 10.4 Å². The second-order valence-corrected chi connectivity index (χ2v) is 6.63. The minimum absolute atomic E-state index is 0.0170. The van der Waals surface area contributed by atoms with Crippen LogP contribution in [0.2, 0.25) is 0 Å². The van der Waals surface area contributed by atoms with Crippen LogP contribution >= 0.6 is 11.3 Å². The summed E-state index contributed by atoms with van der Waals surface area (Å²) in [7, 11) is 0. The van der Waals surface area contributed by atoms with Crippen LogP contribution in [0.15, 0.2) is 70.7 Å². The molecule has 5 heteroatoms. The number of hydrogen-bond acceptors (Lipinski definition) is 3. The molecule has 0 aliphatic carbocycles. The third-order valence-corrected chi connectivity index (χ3v) is 4.95. The van der Waals surface area contributed by atoms with Crippen LogP contribution in [-0.4, -0.2) is 12.5 Å². The smallest absolute Gasteiger partial charge is 0.275 e. The molecular formula is C19H21N2O2S+. The van der Waals surface area contributed by atoms with E-state index < -0.39 is 0 Å². The van der Waals surface area contributed by atoms with Gasteiger partial charge in [-0.3, -0.25) is 4.79 Å². The van der Waals surface area contributed by atoms with Crippen molar-refractivity contribution in [3.63, 3.8) is 0 Å². The third-order valence-electron chi connectivity index (χ3n) is 3.89. The van der Waals surface area contributed by atoms with Gasteiger partial charge in [0.25, 0.3) is 5.91 Å². The molecule has 0 unspecified atom stereocenters. The number of quaternary nitrogens is 1. The zero-order chi connectivity index (χ0) is 16.8. The van der Waals surface area contributed by atoms with Crippen LogP contribution in [0.4, 0.5) is 0 Å². The van der Waals surface area contributed by atoms with Crippen LogP contribution < -0.4 is 10.6 Å². The minimum Gasteiger partial charge on any atom is -0.463 e. The molecule has 0 spiro atoms. The first-order valence-corrected chi connectivity index (χ1v) is 8.86. The number of amides is 1. The summed E-state index contributed by atoms with van der Waals surface area (Å²) in [6.45, 7) is 2.35. The molecule has 4 nitrogen and oxygen atoms in total. The van der Waals surface area contributed by atoms with Crippen LogP contribution in [0.1, 0.15) is 35.2 Å². The van der Waals surface area contributed by atoms with E-state index in [9.17, 15) is 4.79 Å². The minimum atomic E-state index is -0.0241. The average molecular weight is 341 g/mol. The van der Waals surface area contributed by atoms with Crippen LogP contribution in [0, 0.1) is 0 Å². The Bertz CT molecular complexity index is 739. The Hall–Kier alpha value is -2.37. The summed E-state index contributed by atoms with van der Waals surface area (Å²) in [5.74, 6) is 0.865. The van der Waals surface area contributed by atoms with E-state index >= 15 is 0 Å². The highest BCUT2D eigenvalue weighted by atomic mass is 32.1. The predicted octanol–water partition coefficient (Wildman–Crippen LogP) is 2.87. The second kappa shape index (κ2) is 7.95. The van der Waals surface area contributed by atoms with Crippen molar-refractivity contribution >= 4 is 17.2 Å². The Morgan fingerprint density at radius 2 is 2.00 bits per heavy atom. The summed E-state index contributed by atoms with van der Waals surface area (Å²) in [6, 6.07) is 17.9. The number of nitrogens with two attached hydrogens (primary N) is 1. The Labute approximate surface area is 145 Å². The standard InChI is InChI=1S/C19H20N2O2S/c1-14(17-10-6-12-24-17)21-18(22)13-20-19(16-9-5-11-23-16)15-7-3-2-4-8-15/h2-12,14,19-20H,13H2,1H3,(H,21,22)/p+1/t14-,19-/m1/s1. The summed E-state index contributed by atoms with van der Waals surface area (Å²) in [4.78, 5) is 13.4. The maximum absolute atomic E-state index is 12.3. The fraction of sp³-hybridized carbons (Fsp3) is 0.211. The van der Waals surface area contributed by atoms with Gasteiger partial charge in [-0.2, -0.15) is 0 Å². The van der Waals surface area contributed by atoms with Crippen molar-refractivity contribution in [3.8, 4) is 0 Å². The highest BCUT2D eigenvalue weighted by Gasteiger charge is 2.22. The average Bonchev–Trinajstić information content (AvgIpc) is 3.30. The highest BCUT2D eigenvalue weighted by Crippen LogP contribution is 2.19. The maximum Gasteiger partial charge on any atom is 0.275 e. The number of furan rings is 1. The first kappa shape index (κ1) is 16.5. The van der Waals surface area contributed by atoms with Crippen molar-refractivity contribution in [2.45, 2.75) is 19.0 Å². The first-order chi connectivity index (χ1) is 11.7. The summed E-state index contributed by atoms with van der Waals surface area (Å²) in [6.07, 6.45) is 1.66. The van der Waals surface area contributed by atoms with Crippen LogP contribution in [0.3, 0.4) is 0 Å². The van der Waals surface area contributed by atoms with Crippen LogP contribution in [0.5, 0.6) is 0 Å². The molecule has 0 aliphatic heterocycles. The maximum atomic E-state index is 12.3. The number of thiophene rings is 1. The van der Waals surface area contributed by atoms with E-state index in [0.29, 0.717) is 6.54 Å². The lowest BCUT2D eigenvalue weighted by Gasteiger charge is -2.15. The molecule has 3 rings (SSSR count). The lowest BCUT2D eigenvalue weighted by Crippen LogP contribution is -2.87. The Balaban J connectivity index is 1.62. The molecule has 24 heavy (non-hydrogen) atoms. The Morgan fingerprint density at radius 3 is 2.67 bits per heavy atom. The van der Waals surface area contributed by atoms with Crippen LogP contribution in [0.25, 0.3) is 0 Å². The summed E-state index contributed by atoms with van der Waals surface area (Å²) < 4.78 is 5.56. The van der Waals surface area contributed by atoms with Gasteiger partial charge in [-0.05, 0) is 30.5 Å². The van der Waals surface area contributed by atoms with Crippen LogP contribution in [-0.2, 0) is 4.79 Å². The topological polar surface area (TPSA) is 58.9 Å². The van der Waals surface area contributed by atoms with E-state index in [1.807, 2.05) is 60.1 Å². The molecule has 0 saturated heterocycles. The fourth-order valence-corrected chi connectivity index (χ4v) is 3.41. The Kier molecular flexibility index (Phi) is 5.46. The normalized spacial score (nSPS) is 13.4. The largest absolute Gasteiger partial charge is 0.463 e. The first-order valence-electron chi connectivity index (χ1n) is 7.98. The molecule has 2 atom stereocenters. The molecule has 1 aromatic carbocycles. The number of rotatable bonds is 7. The molecule has 0 saturated carbocycles. The van der Waals surface area contributed by atoms with E-state index in [1.165, 1.54) is 0 Å². The molecule has 0 bridgehead atoms. The van der Waals surface area contributed by atoms with Crippen molar-refractivity contribution in [2.75, 3.05) is 6.54 Å². The molecule has 124 valence electrons. The van der Waals surface area contributed by atoms with Gasteiger partial charge in [-0.15, -0.1) is 11.3 Å². The molecular weight excluding hydrogens is 320 g/mol. The second-order valence-electron chi connectivity index (χ2n) is 5.65. The van der Waals surface area contributed by atoms with E-state index in [-0.39, 0.29) is 18.0 Å². The molecule has 0 aliphatic rings. The molecule has 2 aromatic heterocycles. The van der Waals surface area contributed by atoms with Gasteiger partial charge in [-0.25, -0.2) is 0 Å². The summed E-state index contributed by atoms with van der Waals surface area (Å²) in [5.41, 5.74) is 1.12.